The molecule has 15 heavy (non-hydrogen) atoms. The molecule has 0 atom stereocenters. The van der Waals surface area contributed by atoms with Crippen LogP contribution in [0.15, 0.2) is 16.8 Å². The number of carbonyl (C=O) groups is 1. The molecule has 3 nitrogen and oxygen atoms in total. The first-order valence-electron chi connectivity index (χ1n) is 4.90. The van der Waals surface area contributed by atoms with Crippen LogP contribution in [0.3, 0.4) is 0 Å². The van der Waals surface area contributed by atoms with Crippen molar-refractivity contribution in [3.05, 3.63) is 22.4 Å². The molecule has 84 valence electrons. The Morgan fingerprint density at radius 1 is 1.40 bits per heavy atom. The van der Waals surface area contributed by atoms with Gasteiger partial charge in [-0.3, -0.25) is 4.79 Å². The van der Waals surface area contributed by atoms with Crippen LogP contribution >= 0.6 is 23.7 Å². The van der Waals surface area contributed by atoms with Crippen molar-refractivity contribution in [3.63, 3.8) is 0 Å². The monoisotopic (exact) mass is 246 g/mol. The molecule has 1 saturated heterocycles. The first kappa shape index (κ1) is 12.5. The van der Waals surface area contributed by atoms with E-state index in [4.69, 9.17) is 0 Å². The summed E-state index contributed by atoms with van der Waals surface area (Å²) in [5.74, 6) is 0.176. The van der Waals surface area contributed by atoms with Crippen molar-refractivity contribution < 1.29 is 4.79 Å². The van der Waals surface area contributed by atoms with E-state index in [-0.39, 0.29) is 18.3 Å². The average Bonchev–Trinajstić information content (AvgIpc) is 2.59. The number of nitrogens with one attached hydrogen (secondary N) is 1. The summed E-state index contributed by atoms with van der Waals surface area (Å²) in [6, 6.07) is 1.89. The fraction of sp³-hybridized carbons (Fsp3) is 0.500. The highest BCUT2D eigenvalue weighted by atomic mass is 35.5. The van der Waals surface area contributed by atoms with E-state index in [2.05, 4.69) is 5.32 Å². The van der Waals surface area contributed by atoms with Crippen LogP contribution in [0.25, 0.3) is 0 Å². The molecule has 1 N–H and O–H groups in total. The number of carbonyl (C=O) groups excluding carboxylic acids is 1. The van der Waals surface area contributed by atoms with Crippen LogP contribution in [-0.4, -0.2) is 37.0 Å². The molecule has 1 fully saturated rings. The van der Waals surface area contributed by atoms with Crippen LogP contribution in [0.1, 0.15) is 16.8 Å². The second-order valence-electron chi connectivity index (χ2n) is 3.41. The molecule has 0 saturated carbocycles. The zero-order chi connectivity index (χ0) is 9.80. The predicted molar refractivity (Wildman–Crippen MR) is 65.0 cm³/mol. The lowest BCUT2D eigenvalue weighted by atomic mass is 10.3. The molecule has 1 aromatic rings. The molecule has 0 aliphatic carbocycles. The van der Waals surface area contributed by atoms with Gasteiger partial charge in [-0.1, -0.05) is 0 Å². The number of hydrogen-bond acceptors (Lipinski definition) is 3. The lowest BCUT2D eigenvalue weighted by Gasteiger charge is -2.18. The molecule has 1 aliphatic rings. The summed E-state index contributed by atoms with van der Waals surface area (Å²) in [7, 11) is 0. The minimum Gasteiger partial charge on any atom is -0.337 e. The molecule has 1 aromatic heterocycles. The van der Waals surface area contributed by atoms with Crippen LogP contribution < -0.4 is 5.32 Å². The van der Waals surface area contributed by atoms with E-state index in [1.54, 1.807) is 11.3 Å². The predicted octanol–water partition coefficient (Wildman–Crippen LogP) is 1.61. The van der Waals surface area contributed by atoms with Crippen molar-refractivity contribution in [2.45, 2.75) is 6.42 Å². The standard InChI is InChI=1S/C10H14N2OS.ClH/c13-10(9-2-7-14-8-9)12-5-1-3-11-4-6-12;/h2,7-8,11H,1,3-6H2;1H. The molecule has 0 radical (unpaired) electrons. The molecule has 5 heteroatoms. The fourth-order valence-electron chi connectivity index (χ4n) is 1.62. The van der Waals surface area contributed by atoms with Gasteiger partial charge in [-0.25, -0.2) is 0 Å². The second kappa shape index (κ2) is 6.10. The number of hydrogen-bond donors (Lipinski definition) is 1. The maximum Gasteiger partial charge on any atom is 0.254 e. The molecule has 2 heterocycles. The third kappa shape index (κ3) is 3.19. The van der Waals surface area contributed by atoms with E-state index < -0.39 is 0 Å². The molecule has 0 bridgehead atoms. The van der Waals surface area contributed by atoms with Gasteiger partial charge < -0.3 is 10.2 Å². The summed E-state index contributed by atoms with van der Waals surface area (Å²) in [6.45, 7) is 3.64. The highest BCUT2D eigenvalue weighted by Crippen LogP contribution is 2.10. The highest BCUT2D eigenvalue weighted by Gasteiger charge is 2.16. The Kier molecular flexibility index (Phi) is 5.08. The van der Waals surface area contributed by atoms with Crippen LogP contribution in [0.4, 0.5) is 0 Å². The van der Waals surface area contributed by atoms with Crippen LogP contribution in [0.2, 0.25) is 0 Å². The van der Waals surface area contributed by atoms with Crippen molar-refractivity contribution in [2.75, 3.05) is 26.2 Å². The lowest BCUT2D eigenvalue weighted by Crippen LogP contribution is -2.33. The summed E-state index contributed by atoms with van der Waals surface area (Å²) < 4.78 is 0. The Morgan fingerprint density at radius 2 is 2.27 bits per heavy atom. The first-order chi connectivity index (χ1) is 6.88. The number of amides is 1. The Morgan fingerprint density at radius 3 is 3.00 bits per heavy atom. The Labute approximate surface area is 99.9 Å². The SMILES string of the molecule is Cl.O=C(c1ccsc1)N1CCCNCC1. The van der Waals surface area contributed by atoms with Crippen molar-refractivity contribution in [1.82, 2.24) is 10.2 Å². The molecule has 0 aromatic carbocycles. The van der Waals surface area contributed by atoms with Gasteiger partial charge in [0.15, 0.2) is 0 Å². The molecule has 0 unspecified atom stereocenters. The maximum absolute atomic E-state index is 11.9. The third-order valence-corrected chi connectivity index (χ3v) is 3.08. The van der Waals surface area contributed by atoms with Crippen LogP contribution in [-0.2, 0) is 0 Å². The molecule has 1 amide bonds. The molecular formula is C10H15ClN2OS. The van der Waals surface area contributed by atoms with E-state index in [1.807, 2.05) is 21.7 Å². The number of nitrogens with zero attached hydrogens (tertiary/aromatic N) is 1. The van der Waals surface area contributed by atoms with Gasteiger partial charge in [-0.05, 0) is 24.4 Å². The largest absolute Gasteiger partial charge is 0.337 e. The quantitative estimate of drug-likeness (QED) is 0.817. The molecular weight excluding hydrogens is 232 g/mol. The van der Waals surface area contributed by atoms with Gasteiger partial charge in [0.2, 0.25) is 0 Å². The van der Waals surface area contributed by atoms with Crippen LogP contribution in [0.5, 0.6) is 0 Å². The van der Waals surface area contributed by atoms with Gasteiger partial charge in [-0.15, -0.1) is 12.4 Å². The zero-order valence-corrected chi connectivity index (χ0v) is 10.1. The Balaban J connectivity index is 0.00000112. The van der Waals surface area contributed by atoms with E-state index in [1.165, 1.54) is 0 Å². The third-order valence-electron chi connectivity index (χ3n) is 2.40. The summed E-state index contributed by atoms with van der Waals surface area (Å²) in [4.78, 5) is 13.9. The van der Waals surface area contributed by atoms with E-state index in [0.29, 0.717) is 0 Å². The minimum atomic E-state index is 0. The first-order valence-corrected chi connectivity index (χ1v) is 5.84. The number of halogens is 1. The van der Waals surface area contributed by atoms with Crippen molar-refractivity contribution in [3.8, 4) is 0 Å². The minimum absolute atomic E-state index is 0. The number of thiophene rings is 1. The van der Waals surface area contributed by atoms with E-state index >= 15 is 0 Å². The van der Waals surface area contributed by atoms with Gasteiger partial charge in [0, 0.05) is 25.0 Å². The topological polar surface area (TPSA) is 32.3 Å². The number of rotatable bonds is 1. The summed E-state index contributed by atoms with van der Waals surface area (Å²) in [5.41, 5.74) is 0.830. The van der Waals surface area contributed by atoms with E-state index in [9.17, 15) is 4.79 Å². The second-order valence-corrected chi connectivity index (χ2v) is 4.19. The van der Waals surface area contributed by atoms with Gasteiger partial charge in [-0.2, -0.15) is 11.3 Å². The fourth-order valence-corrected chi connectivity index (χ4v) is 2.25. The summed E-state index contributed by atoms with van der Waals surface area (Å²) in [5, 5.41) is 7.15. The van der Waals surface area contributed by atoms with Crippen molar-refractivity contribution >= 4 is 29.7 Å². The summed E-state index contributed by atoms with van der Waals surface area (Å²) in [6.07, 6.45) is 1.05. The normalized spacial score (nSPS) is 16.7. The Hall–Kier alpha value is -0.580. The zero-order valence-electron chi connectivity index (χ0n) is 8.44. The average molecular weight is 247 g/mol. The molecule has 1 aliphatic heterocycles. The molecule has 0 spiro atoms. The molecule has 2 rings (SSSR count). The van der Waals surface area contributed by atoms with E-state index in [0.717, 1.165) is 38.2 Å². The van der Waals surface area contributed by atoms with Crippen LogP contribution in [0, 0.1) is 0 Å². The van der Waals surface area contributed by atoms with Gasteiger partial charge in [0.25, 0.3) is 5.91 Å². The maximum atomic E-state index is 11.9. The van der Waals surface area contributed by atoms with Gasteiger partial charge in [0.05, 0.1) is 5.56 Å². The highest BCUT2D eigenvalue weighted by molar-refractivity contribution is 7.08. The van der Waals surface area contributed by atoms with Crippen molar-refractivity contribution in [1.29, 1.82) is 0 Å². The smallest absolute Gasteiger partial charge is 0.254 e. The van der Waals surface area contributed by atoms with Crippen molar-refractivity contribution in [2.24, 2.45) is 0 Å². The summed E-state index contributed by atoms with van der Waals surface area (Å²) >= 11 is 1.57. The van der Waals surface area contributed by atoms with Gasteiger partial charge in [0.1, 0.15) is 0 Å². The lowest BCUT2D eigenvalue weighted by molar-refractivity contribution is 0.0767. The Bertz CT molecular complexity index is 294. The van der Waals surface area contributed by atoms with Gasteiger partial charge >= 0.3 is 0 Å².